The molecule has 0 radical (unpaired) electrons. The maximum Gasteiger partial charge on any atom is 0.178 e. The fourth-order valence-electron chi connectivity index (χ4n) is 2.87. The maximum atomic E-state index is 13.8. The first kappa shape index (κ1) is 13.2. The Morgan fingerprint density at radius 1 is 1.40 bits per heavy atom. The first-order valence-corrected chi connectivity index (χ1v) is 7.00. The van der Waals surface area contributed by atoms with Crippen LogP contribution in [0.1, 0.15) is 25.3 Å². The number of aromatic nitrogens is 1. The van der Waals surface area contributed by atoms with E-state index in [1.807, 2.05) is 19.3 Å². The van der Waals surface area contributed by atoms with Gasteiger partial charge in [-0.05, 0) is 31.9 Å². The number of allylic oxidation sites excluding steroid dienone is 1. The van der Waals surface area contributed by atoms with Crippen molar-refractivity contribution in [1.82, 2.24) is 14.8 Å². The third-order valence-corrected chi connectivity index (χ3v) is 4.04. The van der Waals surface area contributed by atoms with E-state index in [2.05, 4.69) is 21.7 Å². The van der Waals surface area contributed by atoms with E-state index >= 15 is 0 Å². The summed E-state index contributed by atoms with van der Waals surface area (Å²) in [5, 5.41) is 0. The SMILES string of the molecule is C[C@@H]1CCCN1C1N=C(c2ccncc2F)C=CN1C. The highest BCUT2D eigenvalue weighted by atomic mass is 19.1. The van der Waals surface area contributed by atoms with Crippen molar-refractivity contribution in [2.24, 2.45) is 4.99 Å². The largest absolute Gasteiger partial charge is 0.347 e. The molecule has 1 aromatic heterocycles. The van der Waals surface area contributed by atoms with E-state index < -0.39 is 0 Å². The highest BCUT2D eigenvalue weighted by molar-refractivity contribution is 6.09. The molecule has 2 aliphatic rings. The molecule has 0 spiro atoms. The van der Waals surface area contributed by atoms with E-state index in [0.29, 0.717) is 17.3 Å². The number of nitrogens with zero attached hydrogens (tertiary/aromatic N) is 4. The van der Waals surface area contributed by atoms with Crippen LogP contribution in [0.5, 0.6) is 0 Å². The molecule has 1 saturated heterocycles. The highest BCUT2D eigenvalue weighted by Gasteiger charge is 2.31. The van der Waals surface area contributed by atoms with Gasteiger partial charge < -0.3 is 4.90 Å². The number of halogens is 1. The summed E-state index contributed by atoms with van der Waals surface area (Å²) in [5.74, 6) is -0.325. The predicted octanol–water partition coefficient (Wildman–Crippen LogP) is 2.24. The summed E-state index contributed by atoms with van der Waals surface area (Å²) in [7, 11) is 2.01. The lowest BCUT2D eigenvalue weighted by atomic mass is 10.1. The van der Waals surface area contributed by atoms with Crippen molar-refractivity contribution < 1.29 is 4.39 Å². The quantitative estimate of drug-likeness (QED) is 0.829. The van der Waals surface area contributed by atoms with Crippen molar-refractivity contribution in [1.29, 1.82) is 0 Å². The zero-order chi connectivity index (χ0) is 14.1. The van der Waals surface area contributed by atoms with Crippen LogP contribution >= 0.6 is 0 Å². The van der Waals surface area contributed by atoms with Gasteiger partial charge in [0.05, 0.1) is 11.9 Å². The molecular weight excluding hydrogens is 255 g/mol. The molecule has 0 aromatic carbocycles. The molecule has 2 aliphatic heterocycles. The first-order chi connectivity index (χ1) is 9.66. The van der Waals surface area contributed by atoms with Crippen molar-refractivity contribution in [2.75, 3.05) is 13.6 Å². The smallest absolute Gasteiger partial charge is 0.178 e. The molecule has 0 saturated carbocycles. The zero-order valence-corrected chi connectivity index (χ0v) is 11.8. The fourth-order valence-corrected chi connectivity index (χ4v) is 2.87. The van der Waals surface area contributed by atoms with Crippen molar-refractivity contribution in [3.63, 3.8) is 0 Å². The first-order valence-electron chi connectivity index (χ1n) is 7.00. The van der Waals surface area contributed by atoms with E-state index in [1.165, 1.54) is 19.0 Å². The lowest BCUT2D eigenvalue weighted by Gasteiger charge is -2.36. The molecule has 20 heavy (non-hydrogen) atoms. The Bertz CT molecular complexity index is 555. The standard InChI is InChI=1S/C15H19FN4/c1-11-4-3-8-20(11)15-18-14(6-9-19(15)2)12-5-7-17-10-13(12)16/h5-7,9-11,15H,3-4,8H2,1-2H3/t11-,15?/m1/s1. The number of likely N-dealkylation sites (tertiary alicyclic amines) is 1. The fraction of sp³-hybridized carbons (Fsp3) is 0.467. The Morgan fingerprint density at radius 2 is 2.25 bits per heavy atom. The minimum atomic E-state index is -0.325. The Morgan fingerprint density at radius 3 is 2.95 bits per heavy atom. The van der Waals surface area contributed by atoms with Gasteiger partial charge in [0.15, 0.2) is 12.1 Å². The molecule has 3 heterocycles. The molecule has 1 unspecified atom stereocenters. The summed E-state index contributed by atoms with van der Waals surface area (Å²) < 4.78 is 13.8. The zero-order valence-electron chi connectivity index (χ0n) is 11.8. The monoisotopic (exact) mass is 274 g/mol. The third-order valence-electron chi connectivity index (χ3n) is 4.04. The number of hydrogen-bond acceptors (Lipinski definition) is 4. The van der Waals surface area contributed by atoms with Gasteiger partial charge >= 0.3 is 0 Å². The van der Waals surface area contributed by atoms with E-state index in [4.69, 9.17) is 4.99 Å². The molecule has 0 amide bonds. The van der Waals surface area contributed by atoms with Gasteiger partial charge in [-0.2, -0.15) is 0 Å². The average Bonchev–Trinajstić information content (AvgIpc) is 2.86. The molecule has 106 valence electrons. The lowest BCUT2D eigenvalue weighted by molar-refractivity contribution is 0.0926. The highest BCUT2D eigenvalue weighted by Crippen LogP contribution is 2.24. The molecular formula is C15H19FN4. The number of pyridine rings is 1. The second-order valence-corrected chi connectivity index (χ2v) is 5.43. The van der Waals surface area contributed by atoms with Crippen molar-refractivity contribution in [2.45, 2.75) is 32.1 Å². The minimum absolute atomic E-state index is 0.0416. The minimum Gasteiger partial charge on any atom is -0.347 e. The van der Waals surface area contributed by atoms with Crippen LogP contribution in [0, 0.1) is 5.82 Å². The third kappa shape index (κ3) is 2.33. The summed E-state index contributed by atoms with van der Waals surface area (Å²) >= 11 is 0. The molecule has 4 nitrogen and oxygen atoms in total. The molecule has 0 aliphatic carbocycles. The van der Waals surface area contributed by atoms with Crippen LogP contribution in [0.3, 0.4) is 0 Å². The van der Waals surface area contributed by atoms with Gasteiger partial charge in [-0.1, -0.05) is 0 Å². The van der Waals surface area contributed by atoms with Gasteiger partial charge in [-0.25, -0.2) is 9.38 Å². The van der Waals surface area contributed by atoms with Gasteiger partial charge in [-0.15, -0.1) is 0 Å². The van der Waals surface area contributed by atoms with E-state index in [0.717, 1.165) is 6.54 Å². The summed E-state index contributed by atoms with van der Waals surface area (Å²) in [6, 6.07) is 2.19. The van der Waals surface area contributed by atoms with Crippen molar-refractivity contribution >= 4 is 5.71 Å². The average molecular weight is 274 g/mol. The molecule has 1 fully saturated rings. The molecule has 0 bridgehead atoms. The summed E-state index contributed by atoms with van der Waals surface area (Å²) in [6.07, 6.45) is 9.01. The number of hydrogen-bond donors (Lipinski definition) is 0. The maximum absolute atomic E-state index is 13.8. The predicted molar refractivity (Wildman–Crippen MR) is 76.8 cm³/mol. The molecule has 1 aromatic rings. The lowest BCUT2D eigenvalue weighted by Crippen LogP contribution is -2.46. The summed E-state index contributed by atoms with van der Waals surface area (Å²) in [4.78, 5) is 13.0. The van der Waals surface area contributed by atoms with Gasteiger partial charge in [0.1, 0.15) is 0 Å². The van der Waals surface area contributed by atoms with Gasteiger partial charge in [-0.3, -0.25) is 9.88 Å². The van der Waals surface area contributed by atoms with Crippen molar-refractivity contribution in [3.8, 4) is 0 Å². The Labute approximate surface area is 118 Å². The Kier molecular flexibility index (Phi) is 3.53. The second-order valence-electron chi connectivity index (χ2n) is 5.43. The summed E-state index contributed by atoms with van der Waals surface area (Å²) in [6.45, 7) is 3.26. The van der Waals surface area contributed by atoms with Crippen LogP contribution in [-0.2, 0) is 0 Å². The van der Waals surface area contributed by atoms with Gasteiger partial charge in [0, 0.05) is 37.6 Å². The van der Waals surface area contributed by atoms with E-state index in [1.54, 1.807) is 12.3 Å². The van der Waals surface area contributed by atoms with E-state index in [-0.39, 0.29) is 12.1 Å². The van der Waals surface area contributed by atoms with E-state index in [9.17, 15) is 4.39 Å². The molecule has 3 rings (SSSR count). The number of rotatable bonds is 2. The van der Waals surface area contributed by atoms with Crippen LogP contribution in [0.15, 0.2) is 35.7 Å². The van der Waals surface area contributed by atoms with Crippen LogP contribution in [-0.4, -0.2) is 46.4 Å². The Hall–Kier alpha value is -1.75. The van der Waals surface area contributed by atoms with Crippen molar-refractivity contribution in [3.05, 3.63) is 42.1 Å². The van der Waals surface area contributed by atoms with Crippen LogP contribution in [0.2, 0.25) is 0 Å². The van der Waals surface area contributed by atoms with Gasteiger partial charge in [0.2, 0.25) is 0 Å². The molecule has 5 heteroatoms. The van der Waals surface area contributed by atoms with Gasteiger partial charge in [0.25, 0.3) is 0 Å². The number of aliphatic imine (C=N–C) groups is 1. The second kappa shape index (κ2) is 5.32. The normalized spacial score (nSPS) is 26.9. The topological polar surface area (TPSA) is 31.7 Å². The summed E-state index contributed by atoms with van der Waals surface area (Å²) in [5.41, 5.74) is 1.20. The molecule has 2 atom stereocenters. The van der Waals surface area contributed by atoms with Crippen LogP contribution in [0.25, 0.3) is 0 Å². The van der Waals surface area contributed by atoms with Crippen LogP contribution < -0.4 is 0 Å². The molecule has 0 N–H and O–H groups in total. The van der Waals surface area contributed by atoms with Crippen LogP contribution in [0.4, 0.5) is 4.39 Å². The Balaban J connectivity index is 1.92.